The largest absolute Gasteiger partial charge is 0.370 e. The standard InChI is InChI=1S/C17H17ClN2O2/c1-12-11-22-15(13-6-3-2-4-7-13)10-20(12)17(21)14-8-5-9-19-16(14)18/h2-9,12,15H,10-11H2,1H3/t12-,15-/m0/s1. The van der Waals surface area contributed by atoms with E-state index in [2.05, 4.69) is 4.98 Å². The molecule has 114 valence electrons. The molecule has 1 aromatic heterocycles. The summed E-state index contributed by atoms with van der Waals surface area (Å²) in [6, 6.07) is 13.4. The molecule has 1 aliphatic heterocycles. The summed E-state index contributed by atoms with van der Waals surface area (Å²) in [6.07, 6.45) is 1.46. The molecule has 1 aliphatic rings. The Labute approximate surface area is 134 Å². The van der Waals surface area contributed by atoms with Crippen LogP contribution in [0.25, 0.3) is 0 Å². The second kappa shape index (κ2) is 6.46. The summed E-state index contributed by atoms with van der Waals surface area (Å²) >= 11 is 6.05. The molecule has 0 N–H and O–H groups in total. The third kappa shape index (κ3) is 2.98. The van der Waals surface area contributed by atoms with Gasteiger partial charge in [-0.2, -0.15) is 0 Å². The number of nitrogens with zero attached hydrogens (tertiary/aromatic N) is 2. The van der Waals surface area contributed by atoms with Gasteiger partial charge in [0.1, 0.15) is 11.3 Å². The van der Waals surface area contributed by atoms with Crippen LogP contribution in [0.3, 0.4) is 0 Å². The predicted molar refractivity (Wildman–Crippen MR) is 84.9 cm³/mol. The molecule has 1 fully saturated rings. The summed E-state index contributed by atoms with van der Waals surface area (Å²) in [4.78, 5) is 18.5. The van der Waals surface area contributed by atoms with Crippen LogP contribution >= 0.6 is 11.6 Å². The molecule has 1 amide bonds. The van der Waals surface area contributed by atoms with Gasteiger partial charge in [0.05, 0.1) is 24.8 Å². The molecule has 1 aromatic carbocycles. The van der Waals surface area contributed by atoms with Gasteiger partial charge in [0.15, 0.2) is 0 Å². The molecule has 2 aromatic rings. The summed E-state index contributed by atoms with van der Waals surface area (Å²) in [5.74, 6) is -0.102. The Morgan fingerprint density at radius 1 is 1.27 bits per heavy atom. The minimum atomic E-state index is -0.114. The van der Waals surface area contributed by atoms with Crippen LogP contribution in [0.5, 0.6) is 0 Å². The van der Waals surface area contributed by atoms with E-state index in [0.717, 1.165) is 5.56 Å². The monoisotopic (exact) mass is 316 g/mol. The maximum atomic E-state index is 12.8. The van der Waals surface area contributed by atoms with Gasteiger partial charge in [0.25, 0.3) is 5.91 Å². The Bertz CT molecular complexity index is 663. The average molecular weight is 317 g/mol. The SMILES string of the molecule is C[C@H]1CO[C@H](c2ccccc2)CN1C(=O)c1cccnc1Cl. The Morgan fingerprint density at radius 2 is 2.05 bits per heavy atom. The van der Waals surface area contributed by atoms with Crippen molar-refractivity contribution in [3.63, 3.8) is 0 Å². The van der Waals surface area contributed by atoms with Gasteiger partial charge in [-0.3, -0.25) is 4.79 Å². The third-order valence-corrected chi connectivity index (χ3v) is 4.16. The number of pyridine rings is 1. The molecule has 0 unspecified atom stereocenters. The van der Waals surface area contributed by atoms with E-state index in [9.17, 15) is 4.79 Å². The zero-order valence-corrected chi connectivity index (χ0v) is 13.0. The van der Waals surface area contributed by atoms with Gasteiger partial charge in [0, 0.05) is 6.20 Å². The van der Waals surface area contributed by atoms with Gasteiger partial charge in [-0.05, 0) is 24.6 Å². The van der Waals surface area contributed by atoms with E-state index < -0.39 is 0 Å². The average Bonchev–Trinajstić information content (AvgIpc) is 2.56. The summed E-state index contributed by atoms with van der Waals surface area (Å²) in [5, 5.41) is 0.238. The molecule has 22 heavy (non-hydrogen) atoms. The Morgan fingerprint density at radius 3 is 2.77 bits per heavy atom. The first-order valence-corrected chi connectivity index (χ1v) is 7.62. The number of rotatable bonds is 2. The van der Waals surface area contributed by atoms with Gasteiger partial charge < -0.3 is 9.64 Å². The van der Waals surface area contributed by atoms with E-state index in [1.807, 2.05) is 42.2 Å². The quantitative estimate of drug-likeness (QED) is 0.798. The van der Waals surface area contributed by atoms with E-state index in [1.165, 1.54) is 0 Å². The number of aromatic nitrogens is 1. The number of morpholine rings is 1. The highest BCUT2D eigenvalue weighted by atomic mass is 35.5. The maximum absolute atomic E-state index is 12.8. The Balaban J connectivity index is 1.83. The Kier molecular flexibility index (Phi) is 4.41. The summed E-state index contributed by atoms with van der Waals surface area (Å²) < 4.78 is 5.88. The lowest BCUT2D eigenvalue weighted by Gasteiger charge is -2.38. The Hall–Kier alpha value is -1.91. The van der Waals surface area contributed by atoms with E-state index in [-0.39, 0.29) is 23.2 Å². The van der Waals surface area contributed by atoms with Gasteiger partial charge in [-0.1, -0.05) is 41.9 Å². The smallest absolute Gasteiger partial charge is 0.257 e. The van der Waals surface area contributed by atoms with Crippen LogP contribution in [0, 0.1) is 0 Å². The second-order valence-corrected chi connectivity index (χ2v) is 5.74. The molecule has 4 nitrogen and oxygen atoms in total. The first-order chi connectivity index (χ1) is 10.7. The van der Waals surface area contributed by atoms with E-state index >= 15 is 0 Å². The van der Waals surface area contributed by atoms with Crippen LogP contribution in [-0.4, -0.2) is 35.0 Å². The predicted octanol–water partition coefficient (Wildman–Crippen LogP) is 3.34. The molecule has 1 saturated heterocycles. The normalized spacial score (nSPS) is 21.6. The molecular weight excluding hydrogens is 300 g/mol. The number of hydrogen-bond acceptors (Lipinski definition) is 3. The molecule has 0 saturated carbocycles. The van der Waals surface area contributed by atoms with Crippen molar-refractivity contribution >= 4 is 17.5 Å². The van der Waals surface area contributed by atoms with Crippen molar-refractivity contribution in [1.82, 2.24) is 9.88 Å². The van der Waals surface area contributed by atoms with Crippen molar-refractivity contribution in [3.05, 3.63) is 64.9 Å². The van der Waals surface area contributed by atoms with Gasteiger partial charge >= 0.3 is 0 Å². The number of benzene rings is 1. The molecule has 5 heteroatoms. The fourth-order valence-electron chi connectivity index (χ4n) is 2.61. The van der Waals surface area contributed by atoms with Crippen LogP contribution in [0.1, 0.15) is 28.9 Å². The second-order valence-electron chi connectivity index (χ2n) is 5.38. The summed E-state index contributed by atoms with van der Waals surface area (Å²) in [7, 11) is 0. The van der Waals surface area contributed by atoms with E-state index in [4.69, 9.17) is 16.3 Å². The third-order valence-electron chi connectivity index (χ3n) is 3.85. The number of halogens is 1. The summed E-state index contributed by atoms with van der Waals surface area (Å²) in [6.45, 7) is 2.99. The van der Waals surface area contributed by atoms with Crippen molar-refractivity contribution in [1.29, 1.82) is 0 Å². The highest BCUT2D eigenvalue weighted by Crippen LogP contribution is 2.27. The van der Waals surface area contributed by atoms with Crippen molar-refractivity contribution < 1.29 is 9.53 Å². The fraction of sp³-hybridized carbons (Fsp3) is 0.294. The number of carbonyl (C=O) groups is 1. The molecule has 0 spiro atoms. The minimum Gasteiger partial charge on any atom is -0.370 e. The number of ether oxygens (including phenoxy) is 1. The van der Waals surface area contributed by atoms with Crippen LogP contribution in [0.15, 0.2) is 48.7 Å². The molecule has 0 radical (unpaired) electrons. The molecule has 2 atom stereocenters. The van der Waals surface area contributed by atoms with Crippen LogP contribution < -0.4 is 0 Å². The molecule has 0 aliphatic carbocycles. The van der Waals surface area contributed by atoms with Crippen LogP contribution in [-0.2, 0) is 4.74 Å². The van der Waals surface area contributed by atoms with Crippen LogP contribution in [0.2, 0.25) is 5.15 Å². The van der Waals surface area contributed by atoms with Crippen molar-refractivity contribution in [2.45, 2.75) is 19.1 Å². The lowest BCUT2D eigenvalue weighted by atomic mass is 10.1. The first-order valence-electron chi connectivity index (χ1n) is 7.25. The van der Waals surface area contributed by atoms with E-state index in [0.29, 0.717) is 18.7 Å². The maximum Gasteiger partial charge on any atom is 0.257 e. The van der Waals surface area contributed by atoms with Crippen molar-refractivity contribution in [2.24, 2.45) is 0 Å². The zero-order valence-electron chi connectivity index (χ0n) is 12.3. The lowest BCUT2D eigenvalue weighted by molar-refractivity contribution is -0.0486. The first kappa shape index (κ1) is 15.0. The number of carbonyl (C=O) groups excluding carboxylic acids is 1. The molecule has 2 heterocycles. The minimum absolute atomic E-state index is 0.00346. The van der Waals surface area contributed by atoms with E-state index in [1.54, 1.807) is 18.3 Å². The number of amides is 1. The topological polar surface area (TPSA) is 42.4 Å². The van der Waals surface area contributed by atoms with Gasteiger partial charge in [0.2, 0.25) is 0 Å². The molecule has 0 bridgehead atoms. The van der Waals surface area contributed by atoms with Crippen LogP contribution in [0.4, 0.5) is 0 Å². The number of hydrogen-bond donors (Lipinski definition) is 0. The van der Waals surface area contributed by atoms with Crippen molar-refractivity contribution in [3.8, 4) is 0 Å². The molecule has 3 rings (SSSR count). The van der Waals surface area contributed by atoms with Crippen molar-refractivity contribution in [2.75, 3.05) is 13.2 Å². The van der Waals surface area contributed by atoms with Gasteiger partial charge in [-0.25, -0.2) is 4.98 Å². The highest BCUT2D eigenvalue weighted by Gasteiger charge is 2.31. The molecular formula is C17H17ClN2O2. The fourth-order valence-corrected chi connectivity index (χ4v) is 2.81. The highest BCUT2D eigenvalue weighted by molar-refractivity contribution is 6.32. The van der Waals surface area contributed by atoms with Gasteiger partial charge in [-0.15, -0.1) is 0 Å². The zero-order chi connectivity index (χ0) is 15.5. The lowest BCUT2D eigenvalue weighted by Crippen LogP contribution is -2.48. The summed E-state index contributed by atoms with van der Waals surface area (Å²) in [5.41, 5.74) is 1.51.